The average Bonchev–Trinajstić information content (AvgIpc) is 2.00. The zero-order valence-corrected chi connectivity index (χ0v) is 8.88. The van der Waals surface area contributed by atoms with Gasteiger partial charge in [-0.25, -0.2) is 17.6 Å². The van der Waals surface area contributed by atoms with Crippen molar-refractivity contribution in [3.8, 4) is 0 Å². The third-order valence-electron chi connectivity index (χ3n) is 1.48. The van der Waals surface area contributed by atoms with Crippen molar-refractivity contribution in [3.63, 3.8) is 0 Å². The average molecular weight is 241 g/mol. The molecule has 1 amide bonds. The topological polar surface area (TPSA) is 101 Å². The van der Waals surface area contributed by atoms with Gasteiger partial charge >= 0.3 is 5.97 Å². The molecule has 0 spiro atoms. The Morgan fingerprint density at radius 2 is 2.00 bits per heavy atom. The van der Waals surface area contributed by atoms with Gasteiger partial charge in [-0.3, -0.25) is 4.79 Å². The number of halogens is 1. The van der Waals surface area contributed by atoms with Crippen LogP contribution in [-0.2, 0) is 19.4 Å². The Morgan fingerprint density at radius 3 is 2.33 bits per heavy atom. The van der Waals surface area contributed by atoms with Crippen LogP contribution >= 0.6 is 0 Å². The lowest BCUT2D eigenvalue weighted by atomic mass is 10.3. The molecule has 0 bridgehead atoms. The largest absolute Gasteiger partial charge is 0.480 e. The van der Waals surface area contributed by atoms with E-state index >= 15 is 0 Å². The Hall–Kier alpha value is -1.18. The predicted octanol–water partition coefficient (Wildman–Crippen LogP) is -1.04. The van der Waals surface area contributed by atoms with Gasteiger partial charge in [0.05, 0.1) is 11.5 Å². The van der Waals surface area contributed by atoms with Crippen molar-refractivity contribution in [1.82, 2.24) is 5.32 Å². The highest BCUT2D eigenvalue weighted by Gasteiger charge is 2.25. The third kappa shape index (κ3) is 6.00. The summed E-state index contributed by atoms with van der Waals surface area (Å²) in [6.07, 6.45) is 0. The van der Waals surface area contributed by atoms with Gasteiger partial charge in [-0.1, -0.05) is 0 Å². The molecule has 6 nitrogen and oxygen atoms in total. The van der Waals surface area contributed by atoms with Crippen molar-refractivity contribution < 1.29 is 27.5 Å². The number of hydrogen-bond acceptors (Lipinski definition) is 4. The van der Waals surface area contributed by atoms with E-state index in [1.807, 2.05) is 5.32 Å². The summed E-state index contributed by atoms with van der Waals surface area (Å²) in [6, 6.07) is -1.53. The summed E-state index contributed by atoms with van der Waals surface area (Å²) in [5.41, 5.74) is 0. The number of hydrogen-bond donors (Lipinski definition) is 2. The number of rotatable bonds is 6. The fraction of sp³-hybridized carbons (Fsp3) is 0.714. The van der Waals surface area contributed by atoms with Crippen LogP contribution < -0.4 is 5.32 Å². The van der Waals surface area contributed by atoms with Crippen LogP contribution in [0.4, 0.5) is 4.39 Å². The van der Waals surface area contributed by atoms with Gasteiger partial charge in [0.25, 0.3) is 0 Å². The summed E-state index contributed by atoms with van der Waals surface area (Å²) < 4.78 is 33.9. The van der Waals surface area contributed by atoms with Crippen molar-refractivity contribution in [2.45, 2.75) is 13.0 Å². The minimum Gasteiger partial charge on any atom is -0.480 e. The number of alkyl halides is 1. The number of amides is 1. The number of sulfone groups is 1. The zero-order chi connectivity index (χ0) is 12.1. The number of carboxylic acids is 1. The third-order valence-corrected chi connectivity index (χ3v) is 3.10. The Bertz CT molecular complexity index is 339. The molecule has 15 heavy (non-hydrogen) atoms. The first-order valence-corrected chi connectivity index (χ1v) is 5.87. The van der Waals surface area contributed by atoms with E-state index in [0.717, 1.165) is 6.92 Å². The predicted molar refractivity (Wildman–Crippen MR) is 49.9 cm³/mol. The highest BCUT2D eigenvalue weighted by atomic mass is 32.2. The molecule has 0 aliphatic heterocycles. The SMILES string of the molecule is CC(=O)N[C@@H](CS(=O)(=O)CCF)C(=O)O. The molecule has 0 unspecified atom stereocenters. The van der Waals surface area contributed by atoms with E-state index in [2.05, 4.69) is 0 Å². The van der Waals surface area contributed by atoms with Crippen molar-refractivity contribution in [1.29, 1.82) is 0 Å². The highest BCUT2D eigenvalue weighted by Crippen LogP contribution is 1.96. The minimum absolute atomic E-state index is 0.655. The van der Waals surface area contributed by atoms with E-state index in [-0.39, 0.29) is 0 Å². The molecule has 0 saturated heterocycles. The standard InChI is InChI=1S/C7H12FNO5S/c1-5(10)9-6(7(11)12)4-15(13,14)3-2-8/h6H,2-4H2,1H3,(H,9,10)(H,11,12)/t6-/m0/s1. The van der Waals surface area contributed by atoms with E-state index in [1.165, 1.54) is 0 Å². The van der Waals surface area contributed by atoms with Crippen LogP contribution in [0.25, 0.3) is 0 Å². The van der Waals surface area contributed by atoms with Crippen molar-refractivity contribution in [2.24, 2.45) is 0 Å². The number of nitrogens with one attached hydrogen (secondary N) is 1. The lowest BCUT2D eigenvalue weighted by Gasteiger charge is -2.12. The normalized spacial score (nSPS) is 13.2. The molecule has 1 atom stereocenters. The van der Waals surface area contributed by atoms with Gasteiger partial charge in [0, 0.05) is 6.92 Å². The molecule has 0 saturated carbocycles. The molecule has 0 heterocycles. The smallest absolute Gasteiger partial charge is 0.327 e. The van der Waals surface area contributed by atoms with Crippen molar-refractivity contribution >= 4 is 21.7 Å². The van der Waals surface area contributed by atoms with Crippen molar-refractivity contribution in [2.75, 3.05) is 18.2 Å². The van der Waals surface area contributed by atoms with E-state index in [4.69, 9.17) is 5.11 Å². The van der Waals surface area contributed by atoms with Crippen LogP contribution in [0, 0.1) is 0 Å². The van der Waals surface area contributed by atoms with E-state index < -0.39 is 45.9 Å². The van der Waals surface area contributed by atoms with Crippen LogP contribution in [0.15, 0.2) is 0 Å². The summed E-state index contributed by atoms with van der Waals surface area (Å²) in [6.45, 7) is -0.00748. The van der Waals surface area contributed by atoms with E-state index in [0.29, 0.717) is 0 Å². The zero-order valence-electron chi connectivity index (χ0n) is 8.07. The molecule has 0 rings (SSSR count). The molecule has 0 aliphatic rings. The summed E-state index contributed by atoms with van der Waals surface area (Å²) in [4.78, 5) is 21.1. The molecular weight excluding hydrogens is 229 g/mol. The maximum Gasteiger partial charge on any atom is 0.327 e. The van der Waals surface area contributed by atoms with Crippen LogP contribution in [-0.4, -0.2) is 49.6 Å². The van der Waals surface area contributed by atoms with Gasteiger partial charge in [0.1, 0.15) is 12.7 Å². The fourth-order valence-electron chi connectivity index (χ4n) is 0.875. The Balaban J connectivity index is 4.55. The van der Waals surface area contributed by atoms with Gasteiger partial charge in [0.2, 0.25) is 5.91 Å². The number of aliphatic carboxylic acids is 1. The molecule has 0 aliphatic carbocycles. The van der Waals surface area contributed by atoms with Gasteiger partial charge in [-0.15, -0.1) is 0 Å². The summed E-state index contributed by atoms with van der Waals surface area (Å²) in [7, 11) is -3.79. The molecule has 0 radical (unpaired) electrons. The molecule has 0 aromatic rings. The van der Waals surface area contributed by atoms with Gasteiger partial charge < -0.3 is 10.4 Å². The molecule has 2 N–H and O–H groups in total. The summed E-state index contributed by atoms with van der Waals surface area (Å²) in [5, 5.41) is 10.5. The number of carboxylic acid groups (broad SMARTS) is 1. The second kappa shape index (κ2) is 5.64. The first-order valence-electron chi connectivity index (χ1n) is 4.05. The van der Waals surface area contributed by atoms with Gasteiger partial charge in [0.15, 0.2) is 9.84 Å². The molecule has 0 aromatic carbocycles. The van der Waals surface area contributed by atoms with Crippen LogP contribution in [0.2, 0.25) is 0 Å². The first-order chi connectivity index (χ1) is 6.78. The lowest BCUT2D eigenvalue weighted by molar-refractivity contribution is -0.140. The molecule has 0 aromatic heterocycles. The maximum atomic E-state index is 11.8. The Kier molecular flexibility index (Phi) is 5.20. The van der Waals surface area contributed by atoms with Crippen LogP contribution in [0.5, 0.6) is 0 Å². The number of carbonyl (C=O) groups excluding carboxylic acids is 1. The summed E-state index contributed by atoms with van der Waals surface area (Å²) in [5.74, 6) is -3.66. The van der Waals surface area contributed by atoms with Crippen LogP contribution in [0.3, 0.4) is 0 Å². The maximum absolute atomic E-state index is 11.8. The molecule has 8 heteroatoms. The van der Waals surface area contributed by atoms with Gasteiger partial charge in [-0.05, 0) is 0 Å². The monoisotopic (exact) mass is 241 g/mol. The quantitative estimate of drug-likeness (QED) is 0.618. The number of carbonyl (C=O) groups is 2. The minimum atomic E-state index is -3.79. The summed E-state index contributed by atoms with van der Waals surface area (Å²) >= 11 is 0. The van der Waals surface area contributed by atoms with Gasteiger partial charge in [-0.2, -0.15) is 0 Å². The second-order valence-electron chi connectivity index (χ2n) is 2.89. The second-order valence-corrected chi connectivity index (χ2v) is 5.12. The highest BCUT2D eigenvalue weighted by molar-refractivity contribution is 7.91. The van der Waals surface area contributed by atoms with E-state index in [1.54, 1.807) is 0 Å². The Labute approximate surface area is 86.4 Å². The lowest BCUT2D eigenvalue weighted by Crippen LogP contribution is -2.45. The Morgan fingerprint density at radius 1 is 1.47 bits per heavy atom. The first kappa shape index (κ1) is 13.8. The molecular formula is C7H12FNO5S. The molecule has 88 valence electrons. The van der Waals surface area contributed by atoms with E-state index in [9.17, 15) is 22.4 Å². The molecule has 0 fully saturated rings. The van der Waals surface area contributed by atoms with Crippen LogP contribution in [0.1, 0.15) is 6.92 Å². The fourth-order valence-corrected chi connectivity index (χ4v) is 2.01. The van der Waals surface area contributed by atoms with Crippen molar-refractivity contribution in [3.05, 3.63) is 0 Å².